The molecular formula is C26H27ClN2O3. The lowest BCUT2D eigenvalue weighted by Crippen LogP contribution is -2.34. The van der Waals surface area contributed by atoms with E-state index in [0.29, 0.717) is 19.1 Å². The summed E-state index contributed by atoms with van der Waals surface area (Å²) in [6.45, 7) is 6.84. The maximum Gasteiger partial charge on any atom is 0.302 e. The van der Waals surface area contributed by atoms with Gasteiger partial charge in [-0.2, -0.15) is 0 Å². The van der Waals surface area contributed by atoms with E-state index >= 15 is 0 Å². The highest BCUT2D eigenvalue weighted by Crippen LogP contribution is 2.32. The molecule has 32 heavy (non-hydrogen) atoms. The van der Waals surface area contributed by atoms with Crippen LogP contribution in [0.15, 0.2) is 54.6 Å². The lowest BCUT2D eigenvalue weighted by Gasteiger charge is -2.28. The van der Waals surface area contributed by atoms with E-state index in [-0.39, 0.29) is 5.97 Å². The maximum atomic E-state index is 10.9. The van der Waals surface area contributed by atoms with Gasteiger partial charge < -0.3 is 9.47 Å². The molecule has 1 aromatic heterocycles. The molecule has 0 radical (unpaired) electrons. The van der Waals surface area contributed by atoms with Gasteiger partial charge in [-0.25, -0.2) is 4.98 Å². The van der Waals surface area contributed by atoms with Crippen LogP contribution in [0.2, 0.25) is 5.02 Å². The summed E-state index contributed by atoms with van der Waals surface area (Å²) >= 11 is 6.41. The van der Waals surface area contributed by atoms with Gasteiger partial charge in [0.1, 0.15) is 13.2 Å². The molecule has 1 aliphatic heterocycles. The number of carbonyl (C=O) groups is 1. The van der Waals surface area contributed by atoms with Gasteiger partial charge in [0.2, 0.25) is 5.88 Å². The summed E-state index contributed by atoms with van der Waals surface area (Å²) < 4.78 is 11.1. The summed E-state index contributed by atoms with van der Waals surface area (Å²) in [7, 11) is 0. The van der Waals surface area contributed by atoms with Crippen molar-refractivity contribution in [3.05, 3.63) is 82.0 Å². The third kappa shape index (κ3) is 5.29. The second-order valence-electron chi connectivity index (χ2n) is 7.98. The number of carbonyl (C=O) groups excluding carboxylic acids is 1. The number of halogens is 1. The molecular weight excluding hydrogens is 424 g/mol. The van der Waals surface area contributed by atoms with Crippen molar-refractivity contribution < 1.29 is 14.3 Å². The molecule has 0 spiro atoms. The van der Waals surface area contributed by atoms with Crippen molar-refractivity contribution in [3.8, 4) is 17.0 Å². The van der Waals surface area contributed by atoms with Crippen LogP contribution in [-0.4, -0.2) is 35.5 Å². The fourth-order valence-electron chi connectivity index (χ4n) is 4.01. The smallest absolute Gasteiger partial charge is 0.302 e. The summed E-state index contributed by atoms with van der Waals surface area (Å²) in [6, 6.07) is 18.1. The second kappa shape index (κ2) is 10.2. The fraction of sp³-hybridized carbons (Fsp3) is 0.308. The lowest BCUT2D eigenvalue weighted by atomic mass is 9.97. The highest BCUT2D eigenvalue weighted by Gasteiger charge is 2.18. The average Bonchev–Trinajstić information content (AvgIpc) is 2.79. The minimum atomic E-state index is -0.237. The Morgan fingerprint density at radius 3 is 2.72 bits per heavy atom. The molecule has 0 bridgehead atoms. The predicted molar refractivity (Wildman–Crippen MR) is 126 cm³/mol. The number of nitrogens with zero attached hydrogens (tertiary/aromatic N) is 2. The van der Waals surface area contributed by atoms with Gasteiger partial charge in [0.05, 0.1) is 5.69 Å². The topological polar surface area (TPSA) is 51.7 Å². The standard InChI is InChI=1S/C26H27ClN2O3/c1-18-21(6-5-8-22(18)23-7-3-4-9-24(23)27)17-32-26-11-10-20-16-29(13-12-25(20)28-26)14-15-31-19(2)30/h3-11H,12-17H2,1-2H3. The first-order valence-electron chi connectivity index (χ1n) is 10.8. The number of esters is 1. The largest absolute Gasteiger partial charge is 0.473 e. The molecule has 6 heteroatoms. The molecule has 0 saturated carbocycles. The first-order chi connectivity index (χ1) is 15.5. The van der Waals surface area contributed by atoms with E-state index in [0.717, 1.165) is 59.0 Å². The molecule has 0 N–H and O–H groups in total. The number of hydrogen-bond donors (Lipinski definition) is 0. The van der Waals surface area contributed by atoms with Crippen molar-refractivity contribution in [2.75, 3.05) is 19.7 Å². The van der Waals surface area contributed by atoms with Crippen LogP contribution in [0, 0.1) is 6.92 Å². The zero-order valence-electron chi connectivity index (χ0n) is 18.4. The van der Waals surface area contributed by atoms with Crippen LogP contribution in [-0.2, 0) is 29.1 Å². The minimum absolute atomic E-state index is 0.237. The Morgan fingerprint density at radius 1 is 1.09 bits per heavy atom. The van der Waals surface area contributed by atoms with E-state index in [4.69, 9.17) is 26.1 Å². The summed E-state index contributed by atoms with van der Waals surface area (Å²) in [5.41, 5.74) is 6.68. The molecule has 2 aromatic carbocycles. The van der Waals surface area contributed by atoms with E-state index < -0.39 is 0 Å². The second-order valence-corrected chi connectivity index (χ2v) is 8.39. The van der Waals surface area contributed by atoms with Crippen molar-refractivity contribution >= 4 is 17.6 Å². The van der Waals surface area contributed by atoms with Crippen LogP contribution in [0.4, 0.5) is 0 Å². The number of rotatable bonds is 7. The Hall–Kier alpha value is -2.89. The summed E-state index contributed by atoms with van der Waals surface area (Å²) in [5, 5.41) is 0.743. The van der Waals surface area contributed by atoms with Gasteiger partial charge >= 0.3 is 5.97 Å². The molecule has 166 valence electrons. The number of hydrogen-bond acceptors (Lipinski definition) is 5. The maximum absolute atomic E-state index is 10.9. The normalized spacial score (nSPS) is 13.5. The predicted octanol–water partition coefficient (Wildman–Crippen LogP) is 5.21. The van der Waals surface area contributed by atoms with Gasteiger partial charge in [-0.05, 0) is 35.2 Å². The Balaban J connectivity index is 1.41. The monoisotopic (exact) mass is 450 g/mol. The van der Waals surface area contributed by atoms with Gasteiger partial charge in [0, 0.05) is 49.6 Å². The first kappa shape index (κ1) is 22.3. The number of ether oxygens (including phenoxy) is 2. The molecule has 0 atom stereocenters. The summed E-state index contributed by atoms with van der Waals surface area (Å²) in [5.74, 6) is 0.401. The van der Waals surface area contributed by atoms with Crippen LogP contribution in [0.5, 0.6) is 5.88 Å². The van der Waals surface area contributed by atoms with Crippen LogP contribution in [0.1, 0.15) is 29.3 Å². The summed E-state index contributed by atoms with van der Waals surface area (Å²) in [4.78, 5) is 18.0. The number of benzene rings is 2. The number of aromatic nitrogens is 1. The fourth-order valence-corrected chi connectivity index (χ4v) is 4.24. The number of fused-ring (bicyclic) bond motifs is 1. The van der Waals surface area contributed by atoms with Gasteiger partial charge in [0.15, 0.2) is 0 Å². The van der Waals surface area contributed by atoms with Crippen molar-refractivity contribution in [2.45, 2.75) is 33.4 Å². The molecule has 1 aliphatic rings. The first-order valence-corrected chi connectivity index (χ1v) is 11.2. The minimum Gasteiger partial charge on any atom is -0.473 e. The van der Waals surface area contributed by atoms with E-state index in [1.807, 2.05) is 36.4 Å². The van der Waals surface area contributed by atoms with Crippen molar-refractivity contribution in [3.63, 3.8) is 0 Å². The molecule has 4 rings (SSSR count). The molecule has 0 unspecified atom stereocenters. The Bertz CT molecular complexity index is 1120. The molecule has 0 fully saturated rings. The van der Waals surface area contributed by atoms with E-state index in [2.05, 4.69) is 30.0 Å². The quantitative estimate of drug-likeness (QED) is 0.462. The average molecular weight is 451 g/mol. The highest BCUT2D eigenvalue weighted by atomic mass is 35.5. The molecule has 2 heterocycles. The van der Waals surface area contributed by atoms with Crippen LogP contribution in [0.25, 0.3) is 11.1 Å². The third-order valence-corrected chi connectivity index (χ3v) is 6.13. The van der Waals surface area contributed by atoms with E-state index in [9.17, 15) is 4.79 Å². The van der Waals surface area contributed by atoms with Crippen LogP contribution >= 0.6 is 11.6 Å². The molecule has 0 aliphatic carbocycles. The van der Waals surface area contributed by atoms with E-state index in [1.165, 1.54) is 12.5 Å². The van der Waals surface area contributed by atoms with Crippen molar-refractivity contribution in [1.29, 1.82) is 0 Å². The molecule has 0 amide bonds. The highest BCUT2D eigenvalue weighted by molar-refractivity contribution is 6.33. The summed E-state index contributed by atoms with van der Waals surface area (Å²) in [6.07, 6.45) is 0.855. The number of pyridine rings is 1. The van der Waals surface area contributed by atoms with Gasteiger partial charge in [-0.15, -0.1) is 0 Å². The van der Waals surface area contributed by atoms with Gasteiger partial charge in [-0.1, -0.05) is 54.1 Å². The third-order valence-electron chi connectivity index (χ3n) is 5.80. The van der Waals surface area contributed by atoms with Crippen molar-refractivity contribution in [1.82, 2.24) is 9.88 Å². The zero-order valence-corrected chi connectivity index (χ0v) is 19.2. The SMILES string of the molecule is CC(=O)OCCN1CCc2nc(OCc3cccc(-c4ccccc4Cl)c3C)ccc2C1. The van der Waals surface area contributed by atoms with E-state index in [1.54, 1.807) is 0 Å². The van der Waals surface area contributed by atoms with Crippen molar-refractivity contribution in [2.24, 2.45) is 0 Å². The zero-order chi connectivity index (χ0) is 22.5. The Morgan fingerprint density at radius 2 is 1.91 bits per heavy atom. The molecule has 0 saturated heterocycles. The van der Waals surface area contributed by atoms with Gasteiger partial charge in [-0.3, -0.25) is 9.69 Å². The molecule has 5 nitrogen and oxygen atoms in total. The Kier molecular flexibility index (Phi) is 7.08. The van der Waals surface area contributed by atoms with Crippen LogP contribution in [0.3, 0.4) is 0 Å². The van der Waals surface area contributed by atoms with Gasteiger partial charge in [0.25, 0.3) is 0 Å². The Labute approximate surface area is 193 Å². The molecule has 3 aromatic rings. The van der Waals surface area contributed by atoms with Crippen LogP contribution < -0.4 is 4.74 Å². The lowest BCUT2D eigenvalue weighted by molar-refractivity contribution is -0.141.